The zero-order chi connectivity index (χ0) is 24.1. The first-order valence-corrected chi connectivity index (χ1v) is 11.9. The molecule has 31 heavy (non-hydrogen) atoms. The van der Waals surface area contributed by atoms with Crippen LogP contribution in [0.3, 0.4) is 0 Å². The highest BCUT2D eigenvalue weighted by molar-refractivity contribution is 5.96. The van der Waals surface area contributed by atoms with E-state index in [1.54, 1.807) is 0 Å². The smallest absolute Gasteiger partial charge is 0.251 e. The molecule has 178 valence electrons. The summed E-state index contributed by atoms with van der Waals surface area (Å²) in [4.78, 5) is 13.2. The predicted octanol–water partition coefficient (Wildman–Crippen LogP) is 7.33. The molecule has 1 rings (SSSR count). The molecule has 0 aliphatic rings. The van der Waals surface area contributed by atoms with Crippen LogP contribution in [0.2, 0.25) is 0 Å². The Morgan fingerprint density at radius 1 is 0.742 bits per heavy atom. The maximum absolute atomic E-state index is 13.2. The highest BCUT2D eigenvalue weighted by Crippen LogP contribution is 2.29. The van der Waals surface area contributed by atoms with E-state index in [2.05, 4.69) is 98.2 Å². The van der Waals surface area contributed by atoms with Crippen LogP contribution in [0.25, 0.3) is 0 Å². The monoisotopic (exact) mass is 431 g/mol. The molecule has 1 aromatic carbocycles. The molecular formula is C27H49N3O. The first-order chi connectivity index (χ1) is 14.0. The number of benzene rings is 1. The van der Waals surface area contributed by atoms with Crippen LogP contribution >= 0.6 is 0 Å². The number of carbonyl (C=O) groups is 1. The van der Waals surface area contributed by atoms with Gasteiger partial charge in [0.05, 0.1) is 0 Å². The third-order valence-corrected chi connectivity index (χ3v) is 6.08. The molecule has 0 radical (unpaired) electrons. The van der Waals surface area contributed by atoms with Crippen molar-refractivity contribution in [2.24, 2.45) is 16.2 Å². The Balaban J connectivity index is 3.14. The topological polar surface area (TPSA) is 53.2 Å². The Morgan fingerprint density at radius 2 is 1.16 bits per heavy atom. The number of rotatable bonds is 11. The van der Waals surface area contributed by atoms with Crippen LogP contribution in [0, 0.1) is 16.2 Å². The summed E-state index contributed by atoms with van der Waals surface area (Å²) in [6.07, 6.45) is 3.10. The van der Waals surface area contributed by atoms with Gasteiger partial charge in [-0.1, -0.05) is 62.3 Å². The van der Waals surface area contributed by atoms with Gasteiger partial charge in [0, 0.05) is 35.6 Å². The third kappa shape index (κ3) is 10.4. The molecular weight excluding hydrogens is 382 g/mol. The van der Waals surface area contributed by atoms with Gasteiger partial charge in [0.1, 0.15) is 0 Å². The Hall–Kier alpha value is -1.71. The lowest BCUT2D eigenvalue weighted by Gasteiger charge is -2.33. The Labute approximate surface area is 192 Å². The van der Waals surface area contributed by atoms with Gasteiger partial charge in [0.25, 0.3) is 5.91 Å². The number of hydrogen-bond donors (Lipinski definition) is 3. The summed E-state index contributed by atoms with van der Waals surface area (Å²) >= 11 is 0. The quantitative estimate of drug-likeness (QED) is 0.344. The largest absolute Gasteiger partial charge is 0.384 e. The molecule has 1 aromatic rings. The molecule has 3 N–H and O–H groups in total. The maximum atomic E-state index is 13.2. The van der Waals surface area contributed by atoms with Crippen LogP contribution in [0.4, 0.5) is 11.4 Å². The minimum atomic E-state index is -0.277. The summed E-state index contributed by atoms with van der Waals surface area (Å²) in [5, 5.41) is 10.4. The van der Waals surface area contributed by atoms with Crippen LogP contribution < -0.4 is 16.0 Å². The van der Waals surface area contributed by atoms with Crippen LogP contribution in [0.5, 0.6) is 0 Å². The standard InChI is InChI=1S/C27H49N3O/c1-12-25(6,7)18-28-21-14-20(15-22(16-21)29-19-26(8,9)13-2)23(31)30-27(10,11)17-24(3,4)5/h14-16,28-29H,12-13,17-19H2,1-11H3,(H,30,31). The lowest BCUT2D eigenvalue weighted by atomic mass is 9.81. The highest BCUT2D eigenvalue weighted by atomic mass is 16.1. The lowest BCUT2D eigenvalue weighted by Crippen LogP contribution is -2.45. The normalized spacial score (nSPS) is 13.1. The van der Waals surface area contributed by atoms with Crippen LogP contribution in [0.15, 0.2) is 18.2 Å². The number of amides is 1. The van der Waals surface area contributed by atoms with Crippen molar-refractivity contribution in [1.29, 1.82) is 0 Å². The second-order valence-corrected chi connectivity index (χ2v) is 12.6. The Bertz CT molecular complexity index is 688. The number of anilines is 2. The summed E-state index contributed by atoms with van der Waals surface area (Å²) < 4.78 is 0. The Kier molecular flexibility index (Phi) is 9.05. The average Bonchev–Trinajstić information content (AvgIpc) is 2.62. The summed E-state index contributed by atoms with van der Waals surface area (Å²) in [7, 11) is 0. The van der Waals surface area contributed by atoms with Crippen molar-refractivity contribution < 1.29 is 4.79 Å². The van der Waals surface area contributed by atoms with E-state index < -0.39 is 0 Å². The van der Waals surface area contributed by atoms with Crippen molar-refractivity contribution >= 4 is 17.3 Å². The van der Waals surface area contributed by atoms with Crippen molar-refractivity contribution in [2.75, 3.05) is 23.7 Å². The van der Waals surface area contributed by atoms with Gasteiger partial charge in [-0.05, 0) is 67.6 Å². The van der Waals surface area contributed by atoms with Crippen molar-refractivity contribution in [1.82, 2.24) is 5.32 Å². The summed E-state index contributed by atoms with van der Waals surface area (Å²) in [6.45, 7) is 26.0. The second-order valence-electron chi connectivity index (χ2n) is 12.6. The summed E-state index contributed by atoms with van der Waals surface area (Å²) in [6, 6.07) is 6.07. The molecule has 4 heteroatoms. The highest BCUT2D eigenvalue weighted by Gasteiger charge is 2.27. The molecule has 0 fully saturated rings. The van der Waals surface area contributed by atoms with E-state index in [1.165, 1.54) is 0 Å². The molecule has 0 aliphatic carbocycles. The fraction of sp³-hybridized carbons (Fsp3) is 0.741. The fourth-order valence-corrected chi connectivity index (χ4v) is 3.65. The molecule has 1 amide bonds. The first-order valence-electron chi connectivity index (χ1n) is 11.9. The van der Waals surface area contributed by atoms with E-state index in [0.29, 0.717) is 5.56 Å². The zero-order valence-electron chi connectivity index (χ0n) is 22.2. The van der Waals surface area contributed by atoms with Gasteiger partial charge >= 0.3 is 0 Å². The van der Waals surface area contributed by atoms with Crippen molar-refractivity contribution in [3.8, 4) is 0 Å². The molecule has 0 aliphatic heterocycles. The molecule has 0 spiro atoms. The molecule has 0 aromatic heterocycles. The van der Waals surface area contributed by atoms with Crippen LogP contribution in [0.1, 0.15) is 106 Å². The minimum absolute atomic E-state index is 0.0227. The van der Waals surface area contributed by atoms with Gasteiger partial charge in [-0.2, -0.15) is 0 Å². The first kappa shape index (κ1) is 27.3. The van der Waals surface area contributed by atoms with Gasteiger partial charge < -0.3 is 16.0 Å². The lowest BCUT2D eigenvalue weighted by molar-refractivity contribution is 0.0891. The molecule has 0 atom stereocenters. The van der Waals surface area contributed by atoms with E-state index >= 15 is 0 Å². The number of carbonyl (C=O) groups excluding carboxylic acids is 1. The van der Waals surface area contributed by atoms with Crippen molar-refractivity contribution in [2.45, 2.75) is 101 Å². The van der Waals surface area contributed by atoms with E-state index in [4.69, 9.17) is 0 Å². The van der Waals surface area contributed by atoms with Crippen molar-refractivity contribution in [3.63, 3.8) is 0 Å². The van der Waals surface area contributed by atoms with E-state index in [9.17, 15) is 4.79 Å². The number of hydrogen-bond acceptors (Lipinski definition) is 3. The second kappa shape index (κ2) is 10.3. The molecule has 4 nitrogen and oxygen atoms in total. The molecule has 0 unspecified atom stereocenters. The van der Waals surface area contributed by atoms with Crippen LogP contribution in [-0.2, 0) is 0 Å². The van der Waals surface area contributed by atoms with E-state index in [-0.39, 0.29) is 27.7 Å². The van der Waals surface area contributed by atoms with Crippen LogP contribution in [-0.4, -0.2) is 24.5 Å². The average molecular weight is 432 g/mol. The van der Waals surface area contributed by atoms with E-state index in [1.807, 2.05) is 12.1 Å². The predicted molar refractivity (Wildman–Crippen MR) is 137 cm³/mol. The molecule has 0 saturated carbocycles. The van der Waals surface area contributed by atoms with Crippen molar-refractivity contribution in [3.05, 3.63) is 23.8 Å². The van der Waals surface area contributed by atoms with Gasteiger partial charge in [-0.3, -0.25) is 4.79 Å². The minimum Gasteiger partial charge on any atom is -0.384 e. The SMILES string of the molecule is CCC(C)(C)CNc1cc(NCC(C)(C)CC)cc(C(=O)NC(C)(C)CC(C)(C)C)c1. The third-order valence-electron chi connectivity index (χ3n) is 6.08. The van der Waals surface area contributed by atoms with Gasteiger partial charge in [0.2, 0.25) is 0 Å². The molecule has 0 heterocycles. The maximum Gasteiger partial charge on any atom is 0.251 e. The van der Waals surface area contributed by atoms with Gasteiger partial charge in [-0.15, -0.1) is 0 Å². The fourth-order valence-electron chi connectivity index (χ4n) is 3.65. The van der Waals surface area contributed by atoms with E-state index in [0.717, 1.165) is 43.7 Å². The molecule has 0 saturated heterocycles. The Morgan fingerprint density at radius 3 is 1.52 bits per heavy atom. The molecule has 0 bridgehead atoms. The van der Waals surface area contributed by atoms with Gasteiger partial charge in [0.15, 0.2) is 0 Å². The summed E-state index contributed by atoms with van der Waals surface area (Å²) in [5.41, 5.74) is 2.93. The number of nitrogens with one attached hydrogen (secondary N) is 3. The summed E-state index contributed by atoms with van der Waals surface area (Å²) in [5.74, 6) is -0.0227. The van der Waals surface area contributed by atoms with Gasteiger partial charge in [-0.25, -0.2) is 0 Å². The zero-order valence-corrected chi connectivity index (χ0v) is 22.2.